The molecule has 26 heavy (non-hydrogen) atoms. The predicted octanol–water partition coefficient (Wildman–Crippen LogP) is 6.06. The monoisotopic (exact) mass is 375 g/mol. The number of rotatable bonds is 3. The Morgan fingerprint density at radius 1 is 1.04 bits per heavy atom. The van der Waals surface area contributed by atoms with Crippen molar-refractivity contribution in [3.8, 4) is 0 Å². The Balaban J connectivity index is 1.47. The molecule has 0 bridgehead atoms. The number of thiazole rings is 1. The first-order valence-electron chi connectivity index (χ1n) is 8.22. The van der Waals surface area contributed by atoms with E-state index in [1.54, 1.807) is 17.6 Å². The zero-order chi connectivity index (χ0) is 17.5. The van der Waals surface area contributed by atoms with Gasteiger partial charge in [-0.25, -0.2) is 4.98 Å². The number of nitrogens with zero attached hydrogens (tertiary/aromatic N) is 1. The van der Waals surface area contributed by atoms with Crippen LogP contribution in [0.3, 0.4) is 0 Å². The number of para-hydroxylation sites is 1. The van der Waals surface area contributed by atoms with Crippen LogP contribution in [0.5, 0.6) is 0 Å². The number of fused-ring (bicyclic) bond motifs is 4. The predicted molar refractivity (Wildman–Crippen MR) is 108 cm³/mol. The molecule has 0 aliphatic heterocycles. The zero-order valence-corrected chi connectivity index (χ0v) is 15.3. The molecule has 5 heteroatoms. The Bertz CT molecular complexity index is 1240. The second-order valence-corrected chi connectivity index (χ2v) is 8.35. The fraction of sp³-hybridized carbons (Fsp3) is 0.0476. The third kappa shape index (κ3) is 2.69. The van der Waals surface area contributed by atoms with Crippen molar-refractivity contribution in [3.05, 3.63) is 72.5 Å². The van der Waals surface area contributed by atoms with Crippen LogP contribution in [0.25, 0.3) is 32.0 Å². The molecule has 126 valence electrons. The normalized spacial score (nSPS) is 11.5. The van der Waals surface area contributed by atoms with Gasteiger partial charge in [0.15, 0.2) is 9.45 Å². The van der Waals surface area contributed by atoms with Gasteiger partial charge in [-0.05, 0) is 40.7 Å². The first kappa shape index (κ1) is 15.6. The van der Waals surface area contributed by atoms with E-state index < -0.39 is 0 Å². The molecule has 0 saturated heterocycles. The van der Waals surface area contributed by atoms with Gasteiger partial charge in [-0.1, -0.05) is 42.5 Å². The van der Waals surface area contributed by atoms with E-state index in [0.29, 0.717) is 6.42 Å². The Kier molecular flexibility index (Phi) is 3.76. The lowest BCUT2D eigenvalue weighted by Crippen LogP contribution is -1.96. The van der Waals surface area contributed by atoms with E-state index >= 15 is 0 Å². The number of thioether (sulfide) groups is 1. The maximum Gasteiger partial charge on any atom is 0.200 e. The minimum Gasteiger partial charge on any atom is -0.464 e. The van der Waals surface area contributed by atoms with Crippen molar-refractivity contribution in [2.75, 3.05) is 0 Å². The molecule has 0 fully saturated rings. The summed E-state index contributed by atoms with van der Waals surface area (Å²) in [6, 6.07) is 20.1. The van der Waals surface area contributed by atoms with Crippen LogP contribution in [0.15, 0.2) is 75.7 Å². The molecular formula is C21H13NO2S2. The van der Waals surface area contributed by atoms with Gasteiger partial charge in [0, 0.05) is 17.4 Å². The van der Waals surface area contributed by atoms with Crippen LogP contribution in [-0.4, -0.2) is 10.1 Å². The third-order valence-electron chi connectivity index (χ3n) is 4.35. The molecule has 0 radical (unpaired) electrons. The third-order valence-corrected chi connectivity index (χ3v) is 6.32. The highest BCUT2D eigenvalue weighted by atomic mass is 32.2. The molecule has 0 saturated carbocycles. The number of carbonyl (C=O) groups is 1. The molecule has 0 spiro atoms. The lowest BCUT2D eigenvalue weighted by atomic mass is 10.0. The van der Waals surface area contributed by atoms with E-state index in [4.69, 9.17) is 4.42 Å². The second kappa shape index (κ2) is 6.27. The molecule has 2 aromatic heterocycles. The van der Waals surface area contributed by atoms with E-state index in [-0.39, 0.29) is 5.12 Å². The van der Waals surface area contributed by atoms with Crippen molar-refractivity contribution in [3.63, 3.8) is 0 Å². The molecule has 0 amide bonds. The average Bonchev–Trinajstić information content (AvgIpc) is 3.25. The quantitative estimate of drug-likeness (QED) is 0.360. The summed E-state index contributed by atoms with van der Waals surface area (Å²) in [6.07, 6.45) is 2.02. The number of furan rings is 1. The SMILES string of the molecule is O=C(Cc1coc2ccc3ccccc3c12)Sc1nc2ccccc2s1. The summed E-state index contributed by atoms with van der Waals surface area (Å²) in [5.74, 6) is 0. The van der Waals surface area contributed by atoms with Crippen molar-refractivity contribution in [2.24, 2.45) is 0 Å². The van der Waals surface area contributed by atoms with Crippen molar-refractivity contribution < 1.29 is 9.21 Å². The lowest BCUT2D eigenvalue weighted by molar-refractivity contribution is -0.110. The molecule has 0 N–H and O–H groups in total. The average molecular weight is 375 g/mol. The maximum absolute atomic E-state index is 12.6. The summed E-state index contributed by atoms with van der Waals surface area (Å²) >= 11 is 2.76. The van der Waals surface area contributed by atoms with Crippen LogP contribution in [0.1, 0.15) is 5.56 Å². The summed E-state index contributed by atoms with van der Waals surface area (Å²) in [5, 5.41) is 3.36. The van der Waals surface area contributed by atoms with Gasteiger partial charge < -0.3 is 4.42 Å². The topological polar surface area (TPSA) is 43.1 Å². The molecule has 0 aliphatic carbocycles. The molecule has 3 nitrogen and oxygen atoms in total. The minimum absolute atomic E-state index is 0.0692. The van der Waals surface area contributed by atoms with Gasteiger partial charge in [0.25, 0.3) is 0 Å². The highest BCUT2D eigenvalue weighted by Gasteiger charge is 2.15. The minimum atomic E-state index is 0.0692. The summed E-state index contributed by atoms with van der Waals surface area (Å²) in [5.41, 5.74) is 2.68. The molecule has 5 aromatic rings. The highest BCUT2D eigenvalue weighted by molar-refractivity contribution is 8.15. The van der Waals surface area contributed by atoms with E-state index in [1.807, 2.05) is 48.5 Å². The van der Waals surface area contributed by atoms with Gasteiger partial charge in [-0.3, -0.25) is 4.79 Å². The smallest absolute Gasteiger partial charge is 0.200 e. The molecule has 5 rings (SSSR count). The standard InChI is InChI=1S/C21H13NO2S2/c23-19(26-21-22-16-7-3-4-8-18(16)25-21)11-14-12-24-17-10-9-13-5-1-2-6-15(13)20(14)17/h1-10,12H,11H2. The summed E-state index contributed by atoms with van der Waals surface area (Å²) in [7, 11) is 0. The first-order chi connectivity index (χ1) is 12.8. The van der Waals surface area contributed by atoms with Crippen LogP contribution in [0.4, 0.5) is 0 Å². The summed E-state index contributed by atoms with van der Waals surface area (Å²) in [4.78, 5) is 17.2. The largest absolute Gasteiger partial charge is 0.464 e. The van der Waals surface area contributed by atoms with Crippen LogP contribution in [0.2, 0.25) is 0 Å². The first-order valence-corrected chi connectivity index (χ1v) is 9.85. The molecule has 0 aliphatic rings. The lowest BCUT2D eigenvalue weighted by Gasteiger charge is -2.01. The van der Waals surface area contributed by atoms with Crippen molar-refractivity contribution in [2.45, 2.75) is 10.8 Å². The van der Waals surface area contributed by atoms with E-state index in [1.165, 1.54) is 11.8 Å². The van der Waals surface area contributed by atoms with Gasteiger partial charge in [-0.15, -0.1) is 11.3 Å². The number of carbonyl (C=O) groups excluding carboxylic acids is 1. The second-order valence-electron chi connectivity index (χ2n) is 6.02. The van der Waals surface area contributed by atoms with E-state index in [0.717, 1.165) is 41.9 Å². The molecule has 0 unspecified atom stereocenters. The Labute approximate surface area is 157 Å². The maximum atomic E-state index is 12.6. The van der Waals surface area contributed by atoms with Gasteiger partial charge >= 0.3 is 0 Å². The fourth-order valence-electron chi connectivity index (χ4n) is 3.19. The number of benzene rings is 3. The molecule has 0 atom stereocenters. The van der Waals surface area contributed by atoms with Gasteiger partial charge in [0.2, 0.25) is 0 Å². The van der Waals surface area contributed by atoms with Crippen LogP contribution in [-0.2, 0) is 11.2 Å². The van der Waals surface area contributed by atoms with Crippen molar-refractivity contribution >= 4 is 60.2 Å². The van der Waals surface area contributed by atoms with Crippen molar-refractivity contribution in [1.82, 2.24) is 4.98 Å². The van der Waals surface area contributed by atoms with Gasteiger partial charge in [0.1, 0.15) is 5.58 Å². The van der Waals surface area contributed by atoms with Crippen LogP contribution in [0, 0.1) is 0 Å². The summed E-state index contributed by atoms with van der Waals surface area (Å²) in [6.45, 7) is 0. The molecule has 3 aromatic carbocycles. The Morgan fingerprint density at radius 2 is 1.88 bits per heavy atom. The van der Waals surface area contributed by atoms with E-state index in [9.17, 15) is 4.79 Å². The fourth-order valence-corrected chi connectivity index (χ4v) is 5.17. The van der Waals surface area contributed by atoms with Crippen LogP contribution < -0.4 is 0 Å². The number of hydrogen-bond donors (Lipinski definition) is 0. The Hall–Kier alpha value is -2.63. The Morgan fingerprint density at radius 3 is 2.81 bits per heavy atom. The number of aromatic nitrogens is 1. The van der Waals surface area contributed by atoms with Crippen LogP contribution >= 0.6 is 23.1 Å². The van der Waals surface area contributed by atoms with Crippen molar-refractivity contribution in [1.29, 1.82) is 0 Å². The summed E-state index contributed by atoms with van der Waals surface area (Å²) < 4.78 is 7.57. The molecular weight excluding hydrogens is 362 g/mol. The highest BCUT2D eigenvalue weighted by Crippen LogP contribution is 2.33. The van der Waals surface area contributed by atoms with Gasteiger partial charge in [0.05, 0.1) is 16.5 Å². The van der Waals surface area contributed by atoms with E-state index in [2.05, 4.69) is 17.1 Å². The number of hydrogen-bond acceptors (Lipinski definition) is 5. The molecule has 2 heterocycles. The zero-order valence-electron chi connectivity index (χ0n) is 13.6. The van der Waals surface area contributed by atoms with Gasteiger partial charge in [-0.2, -0.15) is 0 Å².